The minimum absolute atomic E-state index is 0.0287. The summed E-state index contributed by atoms with van der Waals surface area (Å²) in [5.41, 5.74) is 1.44. The summed E-state index contributed by atoms with van der Waals surface area (Å²) in [6, 6.07) is 8.41. The Labute approximate surface area is 110 Å². The number of benzene rings is 2. The molecule has 2 rings (SSSR count). The van der Waals surface area contributed by atoms with Crippen LogP contribution in [0.25, 0.3) is 0 Å². The Bertz CT molecular complexity index is 597. The maximum atomic E-state index is 13.3. The van der Waals surface area contributed by atoms with Crippen molar-refractivity contribution in [1.29, 1.82) is 0 Å². The lowest BCUT2D eigenvalue weighted by Crippen LogP contribution is -1.99. The first-order valence-corrected chi connectivity index (χ1v) is 5.93. The van der Waals surface area contributed by atoms with Crippen LogP contribution in [-0.2, 0) is 6.42 Å². The van der Waals surface area contributed by atoms with Gasteiger partial charge in [0.25, 0.3) is 0 Å². The zero-order valence-corrected chi connectivity index (χ0v) is 10.4. The molecular formula is C15H14F2O2. The first-order chi connectivity index (χ1) is 8.97. The van der Waals surface area contributed by atoms with E-state index >= 15 is 0 Å². The lowest BCUT2D eigenvalue weighted by molar-refractivity contribution is 0.430. The molecule has 2 aromatic rings. The fraction of sp³-hybridized carbons (Fsp3) is 0.200. The van der Waals surface area contributed by atoms with Crippen LogP contribution in [0.1, 0.15) is 24.0 Å². The Hall–Kier alpha value is -2.10. The van der Waals surface area contributed by atoms with E-state index in [1.807, 2.05) is 6.92 Å². The van der Waals surface area contributed by atoms with Gasteiger partial charge in [-0.25, -0.2) is 8.78 Å². The maximum Gasteiger partial charge on any atom is 0.165 e. The van der Waals surface area contributed by atoms with Crippen LogP contribution in [0.4, 0.5) is 8.78 Å². The second kappa shape index (κ2) is 5.26. The van der Waals surface area contributed by atoms with Gasteiger partial charge in [-0.1, -0.05) is 19.1 Å². The molecule has 1 unspecified atom stereocenters. The fourth-order valence-electron chi connectivity index (χ4n) is 1.98. The predicted octanol–water partition coefficient (Wildman–Crippen LogP) is 3.72. The van der Waals surface area contributed by atoms with Gasteiger partial charge in [0.05, 0.1) is 0 Å². The second-order valence-corrected chi connectivity index (χ2v) is 4.60. The summed E-state index contributed by atoms with van der Waals surface area (Å²) in [6.07, 6.45) is 0.515. The molecule has 0 aliphatic carbocycles. The highest BCUT2D eigenvalue weighted by atomic mass is 19.1. The zero-order valence-electron chi connectivity index (χ0n) is 10.4. The molecule has 0 heterocycles. The van der Waals surface area contributed by atoms with Crippen molar-refractivity contribution >= 4 is 0 Å². The van der Waals surface area contributed by atoms with E-state index in [1.54, 1.807) is 12.1 Å². The van der Waals surface area contributed by atoms with Crippen molar-refractivity contribution in [2.24, 2.45) is 0 Å². The largest absolute Gasteiger partial charge is 0.505 e. The molecule has 0 fully saturated rings. The minimum Gasteiger partial charge on any atom is -0.505 e. The first kappa shape index (κ1) is 13.3. The normalized spacial score (nSPS) is 12.4. The molecule has 0 aromatic heterocycles. The van der Waals surface area contributed by atoms with Crippen molar-refractivity contribution in [2.75, 3.05) is 0 Å². The van der Waals surface area contributed by atoms with Gasteiger partial charge in [-0.3, -0.25) is 0 Å². The van der Waals surface area contributed by atoms with Crippen molar-refractivity contribution in [2.45, 2.75) is 19.3 Å². The standard InChI is InChI=1S/C15H14F2O2/c1-9(11-3-5-15(19)13(17)8-11)6-10-2-4-14(18)12(16)7-10/h2-5,7-9,18-19H,6H2,1H3. The topological polar surface area (TPSA) is 40.5 Å². The Morgan fingerprint density at radius 3 is 2.11 bits per heavy atom. The summed E-state index contributed by atoms with van der Waals surface area (Å²) >= 11 is 0. The van der Waals surface area contributed by atoms with E-state index in [0.29, 0.717) is 6.42 Å². The molecule has 0 amide bonds. The van der Waals surface area contributed by atoms with E-state index in [1.165, 1.54) is 24.3 Å². The van der Waals surface area contributed by atoms with Gasteiger partial charge >= 0.3 is 0 Å². The number of rotatable bonds is 3. The van der Waals surface area contributed by atoms with Crippen LogP contribution < -0.4 is 0 Å². The number of hydrogen-bond acceptors (Lipinski definition) is 2. The lowest BCUT2D eigenvalue weighted by atomic mass is 9.93. The molecular weight excluding hydrogens is 250 g/mol. The number of hydrogen-bond donors (Lipinski definition) is 2. The summed E-state index contributed by atoms with van der Waals surface area (Å²) < 4.78 is 26.5. The Balaban J connectivity index is 2.17. The SMILES string of the molecule is CC(Cc1ccc(O)c(F)c1)c1ccc(O)c(F)c1. The van der Waals surface area contributed by atoms with Crippen LogP contribution >= 0.6 is 0 Å². The van der Waals surface area contributed by atoms with Crippen LogP contribution in [-0.4, -0.2) is 10.2 Å². The van der Waals surface area contributed by atoms with Gasteiger partial charge < -0.3 is 10.2 Å². The van der Waals surface area contributed by atoms with Crippen molar-refractivity contribution in [3.8, 4) is 11.5 Å². The molecule has 0 radical (unpaired) electrons. The van der Waals surface area contributed by atoms with Gasteiger partial charge in [-0.15, -0.1) is 0 Å². The quantitative estimate of drug-likeness (QED) is 0.887. The van der Waals surface area contributed by atoms with Gasteiger partial charge in [0.2, 0.25) is 0 Å². The Kier molecular flexibility index (Phi) is 3.69. The van der Waals surface area contributed by atoms with E-state index in [0.717, 1.165) is 11.1 Å². The molecule has 0 aliphatic heterocycles. The summed E-state index contributed by atoms with van der Waals surface area (Å²) in [5, 5.41) is 18.2. The summed E-state index contributed by atoms with van der Waals surface area (Å²) in [4.78, 5) is 0. The summed E-state index contributed by atoms with van der Waals surface area (Å²) in [7, 11) is 0. The van der Waals surface area contributed by atoms with Crippen LogP contribution in [0.2, 0.25) is 0 Å². The highest BCUT2D eigenvalue weighted by molar-refractivity contribution is 5.33. The van der Waals surface area contributed by atoms with Gasteiger partial charge in [-0.2, -0.15) is 0 Å². The molecule has 0 saturated carbocycles. The third-order valence-corrected chi connectivity index (χ3v) is 3.09. The van der Waals surface area contributed by atoms with Crippen molar-refractivity contribution in [1.82, 2.24) is 0 Å². The van der Waals surface area contributed by atoms with Crippen LogP contribution in [0.15, 0.2) is 36.4 Å². The monoisotopic (exact) mass is 264 g/mol. The molecule has 0 aliphatic rings. The molecule has 0 spiro atoms. The van der Waals surface area contributed by atoms with Gasteiger partial charge in [0.15, 0.2) is 23.1 Å². The summed E-state index contributed by atoms with van der Waals surface area (Å²) in [6.45, 7) is 1.89. The van der Waals surface area contributed by atoms with Gasteiger partial charge in [0.1, 0.15) is 0 Å². The average molecular weight is 264 g/mol. The second-order valence-electron chi connectivity index (χ2n) is 4.60. The molecule has 4 heteroatoms. The molecule has 2 nitrogen and oxygen atoms in total. The Morgan fingerprint density at radius 1 is 0.947 bits per heavy atom. The van der Waals surface area contributed by atoms with E-state index < -0.39 is 11.6 Å². The lowest BCUT2D eigenvalue weighted by Gasteiger charge is -2.13. The molecule has 1 atom stereocenters. The summed E-state index contributed by atoms with van der Waals surface area (Å²) in [5.74, 6) is -2.12. The number of phenolic OH excluding ortho intramolecular Hbond substituents is 2. The smallest absolute Gasteiger partial charge is 0.165 e. The van der Waals surface area contributed by atoms with Crippen LogP contribution in [0.3, 0.4) is 0 Å². The minimum atomic E-state index is -0.666. The number of aromatic hydroxyl groups is 2. The van der Waals surface area contributed by atoms with Gasteiger partial charge in [-0.05, 0) is 47.7 Å². The van der Waals surface area contributed by atoms with Crippen LogP contribution in [0.5, 0.6) is 11.5 Å². The van der Waals surface area contributed by atoms with E-state index in [-0.39, 0.29) is 17.4 Å². The van der Waals surface area contributed by atoms with Crippen molar-refractivity contribution in [3.63, 3.8) is 0 Å². The fourth-order valence-corrected chi connectivity index (χ4v) is 1.98. The van der Waals surface area contributed by atoms with E-state index in [4.69, 9.17) is 10.2 Å². The first-order valence-electron chi connectivity index (χ1n) is 5.93. The number of phenols is 2. The molecule has 2 N–H and O–H groups in total. The average Bonchev–Trinajstić information content (AvgIpc) is 2.37. The van der Waals surface area contributed by atoms with Crippen molar-refractivity contribution in [3.05, 3.63) is 59.2 Å². The van der Waals surface area contributed by atoms with E-state index in [2.05, 4.69) is 0 Å². The van der Waals surface area contributed by atoms with Crippen LogP contribution in [0, 0.1) is 11.6 Å². The van der Waals surface area contributed by atoms with E-state index in [9.17, 15) is 8.78 Å². The molecule has 100 valence electrons. The Morgan fingerprint density at radius 2 is 1.53 bits per heavy atom. The number of halogens is 2. The molecule has 0 saturated heterocycles. The van der Waals surface area contributed by atoms with Crippen molar-refractivity contribution < 1.29 is 19.0 Å². The van der Waals surface area contributed by atoms with Gasteiger partial charge in [0, 0.05) is 0 Å². The third kappa shape index (κ3) is 3.02. The predicted molar refractivity (Wildman–Crippen MR) is 68.2 cm³/mol. The maximum absolute atomic E-state index is 13.3. The molecule has 19 heavy (non-hydrogen) atoms. The third-order valence-electron chi connectivity index (χ3n) is 3.09. The molecule has 2 aromatic carbocycles. The highest BCUT2D eigenvalue weighted by Gasteiger charge is 2.11. The molecule has 0 bridgehead atoms. The highest BCUT2D eigenvalue weighted by Crippen LogP contribution is 2.26. The zero-order chi connectivity index (χ0) is 14.0.